The number of urea groups is 1. The van der Waals surface area contributed by atoms with Crippen molar-refractivity contribution in [3.8, 4) is 0 Å². The molecule has 2 aromatic carbocycles. The molecule has 0 radical (unpaired) electrons. The largest absolute Gasteiger partial charge is 0.416 e. The lowest BCUT2D eigenvalue weighted by atomic mass is 9.79. The highest BCUT2D eigenvalue weighted by Crippen LogP contribution is 2.38. The molecule has 3 rings (SSSR count). The van der Waals surface area contributed by atoms with Gasteiger partial charge in [-0.3, -0.25) is 4.98 Å². The van der Waals surface area contributed by atoms with Gasteiger partial charge in [-0.05, 0) is 67.4 Å². The Morgan fingerprint density at radius 2 is 1.71 bits per heavy atom. The van der Waals surface area contributed by atoms with Gasteiger partial charge in [0, 0.05) is 23.7 Å². The number of hydrogen-bond acceptors (Lipinski definition) is 2. The number of halogens is 6. The number of aromatic nitrogens is 1. The lowest BCUT2D eigenvalue weighted by molar-refractivity contribution is -0.137. The Labute approximate surface area is 204 Å². The van der Waals surface area contributed by atoms with Gasteiger partial charge in [0.05, 0.1) is 16.3 Å². The molecule has 0 aliphatic carbocycles. The number of pyridine rings is 1. The van der Waals surface area contributed by atoms with Gasteiger partial charge in [-0.1, -0.05) is 35.3 Å². The molecule has 4 nitrogen and oxygen atoms in total. The van der Waals surface area contributed by atoms with Crippen LogP contribution in [0.15, 0.2) is 60.8 Å². The van der Waals surface area contributed by atoms with Crippen molar-refractivity contribution in [3.63, 3.8) is 0 Å². The van der Waals surface area contributed by atoms with E-state index in [-0.39, 0.29) is 28.7 Å². The van der Waals surface area contributed by atoms with Gasteiger partial charge in [0.25, 0.3) is 0 Å². The van der Waals surface area contributed by atoms with Crippen molar-refractivity contribution < 1.29 is 22.4 Å². The first kappa shape index (κ1) is 25.8. The molecule has 0 fully saturated rings. The van der Waals surface area contributed by atoms with Gasteiger partial charge >= 0.3 is 12.2 Å². The van der Waals surface area contributed by atoms with Crippen LogP contribution in [-0.4, -0.2) is 17.1 Å². The zero-order chi connectivity index (χ0) is 25.1. The lowest BCUT2D eigenvalue weighted by Crippen LogP contribution is -2.53. The number of nitrogens with one attached hydrogen (secondary N) is 2. The normalized spacial score (nSPS) is 13.4. The summed E-state index contributed by atoms with van der Waals surface area (Å²) >= 11 is 12.1. The van der Waals surface area contributed by atoms with Crippen LogP contribution >= 0.6 is 23.2 Å². The van der Waals surface area contributed by atoms with Crippen LogP contribution in [0, 0.1) is 5.82 Å². The Balaban J connectivity index is 2.31. The minimum atomic E-state index is -4.81. The molecule has 10 heteroatoms. The van der Waals surface area contributed by atoms with Gasteiger partial charge in [-0.2, -0.15) is 13.2 Å². The topological polar surface area (TPSA) is 54.0 Å². The number of benzene rings is 2. The van der Waals surface area contributed by atoms with Crippen LogP contribution in [-0.2, 0) is 18.1 Å². The van der Waals surface area contributed by atoms with Crippen molar-refractivity contribution in [2.45, 2.75) is 38.0 Å². The molecule has 1 heterocycles. The second kappa shape index (κ2) is 10.2. The Hall–Kier alpha value is -2.84. The van der Waals surface area contributed by atoms with E-state index in [1.807, 2.05) is 0 Å². The summed E-state index contributed by atoms with van der Waals surface area (Å²) in [6.45, 7) is 3.45. The molecule has 0 saturated carbocycles. The highest BCUT2D eigenvalue weighted by molar-refractivity contribution is 6.30. The predicted molar refractivity (Wildman–Crippen MR) is 123 cm³/mol. The van der Waals surface area contributed by atoms with E-state index in [1.165, 1.54) is 18.3 Å². The minimum absolute atomic E-state index is 0.0749. The first-order valence-corrected chi connectivity index (χ1v) is 11.0. The van der Waals surface area contributed by atoms with Gasteiger partial charge < -0.3 is 10.6 Å². The predicted octanol–water partition coefficient (Wildman–Crippen LogP) is 6.74. The Morgan fingerprint density at radius 1 is 1.00 bits per heavy atom. The number of nitrogens with zero attached hydrogens (tertiary/aromatic N) is 1. The molecule has 0 bridgehead atoms. The summed E-state index contributed by atoms with van der Waals surface area (Å²) in [4.78, 5) is 17.2. The van der Waals surface area contributed by atoms with Crippen molar-refractivity contribution in [1.82, 2.24) is 15.6 Å². The number of alkyl halides is 3. The SMILES string of the molecule is CC(C)NC(=O)NC(Cc1cccc(Cl)c1)(c1cc(F)cc(C(F)(F)F)c1)c1ccc(Cl)cn1. The van der Waals surface area contributed by atoms with E-state index in [4.69, 9.17) is 23.2 Å². The molecular formula is C24H21Cl2F4N3O. The second-order valence-electron chi connectivity index (χ2n) is 8.05. The average Bonchev–Trinajstić information content (AvgIpc) is 2.72. The maximum Gasteiger partial charge on any atom is 0.416 e. The minimum Gasteiger partial charge on any atom is -0.336 e. The lowest BCUT2D eigenvalue weighted by Gasteiger charge is -2.36. The van der Waals surface area contributed by atoms with E-state index >= 15 is 0 Å². The fraction of sp³-hybridized carbons (Fsp3) is 0.250. The van der Waals surface area contributed by atoms with Crippen molar-refractivity contribution in [2.75, 3.05) is 0 Å². The Morgan fingerprint density at radius 3 is 2.29 bits per heavy atom. The molecule has 0 aliphatic heterocycles. The maximum atomic E-state index is 14.5. The molecule has 0 saturated heterocycles. The van der Waals surface area contributed by atoms with Gasteiger partial charge in [-0.15, -0.1) is 0 Å². The number of hydrogen-bond donors (Lipinski definition) is 2. The monoisotopic (exact) mass is 513 g/mol. The van der Waals surface area contributed by atoms with Gasteiger partial charge in [0.15, 0.2) is 0 Å². The molecular weight excluding hydrogens is 493 g/mol. The summed E-state index contributed by atoms with van der Waals surface area (Å²) in [7, 11) is 0. The van der Waals surface area contributed by atoms with Crippen molar-refractivity contribution in [1.29, 1.82) is 0 Å². The third kappa shape index (κ3) is 6.18. The average molecular weight is 514 g/mol. The smallest absolute Gasteiger partial charge is 0.336 e. The summed E-state index contributed by atoms with van der Waals surface area (Å²) < 4.78 is 55.3. The number of carbonyl (C=O) groups excluding carboxylic acids is 1. The van der Waals surface area contributed by atoms with E-state index in [9.17, 15) is 22.4 Å². The standard InChI is InChI=1S/C24H21Cl2F4N3O/c1-14(2)32-22(34)33-23(21-7-6-19(26)13-31-21,12-15-4-3-5-18(25)8-15)16-9-17(24(28,29)30)11-20(27)10-16/h3-11,13-14H,12H2,1-2H3,(H2,32,33,34). The van der Waals surface area contributed by atoms with Crippen LogP contribution in [0.5, 0.6) is 0 Å². The molecule has 1 atom stereocenters. The van der Waals surface area contributed by atoms with Crippen molar-refractivity contribution >= 4 is 29.2 Å². The zero-order valence-corrected chi connectivity index (χ0v) is 19.7. The third-order valence-electron chi connectivity index (χ3n) is 4.99. The van der Waals surface area contributed by atoms with Crippen molar-refractivity contribution in [3.05, 3.63) is 99.0 Å². The van der Waals surface area contributed by atoms with Gasteiger partial charge in [0.1, 0.15) is 11.4 Å². The number of carbonyl (C=O) groups is 1. The van der Waals surface area contributed by atoms with Crippen LogP contribution < -0.4 is 10.6 Å². The van der Waals surface area contributed by atoms with Crippen LogP contribution in [0.3, 0.4) is 0 Å². The van der Waals surface area contributed by atoms with E-state index in [1.54, 1.807) is 38.1 Å². The molecule has 0 spiro atoms. The van der Waals surface area contributed by atoms with E-state index in [2.05, 4.69) is 15.6 Å². The summed E-state index contributed by atoms with van der Waals surface area (Å²) in [5.41, 5.74) is -2.30. The van der Waals surface area contributed by atoms with Gasteiger partial charge in [0.2, 0.25) is 0 Å². The first-order chi connectivity index (χ1) is 15.9. The molecule has 1 aromatic heterocycles. The Kier molecular flexibility index (Phi) is 7.73. The number of rotatable bonds is 6. The molecule has 0 aliphatic rings. The molecule has 34 heavy (non-hydrogen) atoms. The van der Waals surface area contributed by atoms with E-state index in [0.29, 0.717) is 16.7 Å². The molecule has 3 aromatic rings. The summed E-state index contributed by atoms with van der Waals surface area (Å²) in [6, 6.07) is 10.8. The van der Waals surface area contributed by atoms with Crippen molar-refractivity contribution in [2.24, 2.45) is 0 Å². The highest BCUT2D eigenvalue weighted by atomic mass is 35.5. The summed E-state index contributed by atoms with van der Waals surface area (Å²) in [6.07, 6.45) is -3.59. The van der Waals surface area contributed by atoms with Crippen LogP contribution in [0.2, 0.25) is 10.0 Å². The molecule has 1 unspecified atom stereocenters. The molecule has 2 N–H and O–H groups in total. The van der Waals surface area contributed by atoms with Crippen LogP contribution in [0.25, 0.3) is 0 Å². The quantitative estimate of drug-likeness (QED) is 0.358. The van der Waals surface area contributed by atoms with Gasteiger partial charge in [-0.25, -0.2) is 9.18 Å². The summed E-state index contributed by atoms with van der Waals surface area (Å²) in [5.74, 6) is -1.11. The third-order valence-corrected chi connectivity index (χ3v) is 5.45. The number of amides is 2. The fourth-order valence-corrected chi connectivity index (χ4v) is 3.92. The van der Waals surface area contributed by atoms with Crippen LogP contribution in [0.1, 0.15) is 36.2 Å². The fourth-order valence-electron chi connectivity index (χ4n) is 3.59. The van der Waals surface area contributed by atoms with E-state index < -0.39 is 29.1 Å². The van der Waals surface area contributed by atoms with E-state index in [0.717, 1.165) is 12.1 Å². The molecule has 180 valence electrons. The first-order valence-electron chi connectivity index (χ1n) is 10.2. The second-order valence-corrected chi connectivity index (χ2v) is 8.93. The highest BCUT2D eigenvalue weighted by Gasteiger charge is 2.41. The zero-order valence-electron chi connectivity index (χ0n) is 18.2. The Bertz CT molecular complexity index is 1170. The maximum absolute atomic E-state index is 14.5. The van der Waals surface area contributed by atoms with Crippen LogP contribution in [0.4, 0.5) is 22.4 Å². The summed E-state index contributed by atoms with van der Waals surface area (Å²) in [5, 5.41) is 6.08. The molecule has 2 amide bonds.